The zero-order chi connectivity index (χ0) is 10.7. The van der Waals surface area contributed by atoms with E-state index < -0.39 is 17.7 Å². The largest absolute Gasteiger partial charge is 0.387 e. The van der Waals surface area contributed by atoms with Crippen molar-refractivity contribution < 1.29 is 13.9 Å². The van der Waals surface area contributed by atoms with Gasteiger partial charge in [0.05, 0.1) is 6.10 Å². The Balaban J connectivity index is 3.14. The van der Waals surface area contributed by atoms with Crippen LogP contribution in [0.4, 0.5) is 8.78 Å². The molecule has 0 bridgehead atoms. The molecule has 0 heterocycles. The molecule has 0 saturated carbocycles. The summed E-state index contributed by atoms with van der Waals surface area (Å²) in [5.74, 6) is -1.17. The smallest absolute Gasteiger partial charge is 0.137 e. The maximum Gasteiger partial charge on any atom is 0.137 e. The summed E-state index contributed by atoms with van der Waals surface area (Å²) in [4.78, 5) is 0.218. The quantitative estimate of drug-likeness (QED) is 0.760. The lowest BCUT2D eigenvalue weighted by Crippen LogP contribution is -2.13. The van der Waals surface area contributed by atoms with Gasteiger partial charge in [-0.15, -0.1) is 11.8 Å². The fourth-order valence-electron chi connectivity index (χ4n) is 1.08. The molecule has 0 aromatic heterocycles. The average molecular weight is 219 g/mol. The molecule has 1 unspecified atom stereocenters. The number of rotatable bonds is 3. The molecule has 0 fully saturated rings. The van der Waals surface area contributed by atoms with Crippen molar-refractivity contribution in [3.63, 3.8) is 0 Å². The van der Waals surface area contributed by atoms with E-state index in [9.17, 15) is 13.9 Å². The van der Waals surface area contributed by atoms with Gasteiger partial charge in [0.2, 0.25) is 0 Å². The molecule has 0 aliphatic carbocycles. The minimum Gasteiger partial charge on any atom is -0.387 e. The number of aliphatic hydroxyl groups excluding tert-OH is 1. The predicted octanol–water partition coefficient (Wildman–Crippen LogP) is 1.68. The number of thioether (sulfide) groups is 1. The van der Waals surface area contributed by atoms with E-state index in [1.54, 1.807) is 6.26 Å². The van der Waals surface area contributed by atoms with Crippen molar-refractivity contribution in [3.05, 3.63) is 29.3 Å². The van der Waals surface area contributed by atoms with Crippen LogP contribution < -0.4 is 5.73 Å². The Morgan fingerprint density at radius 2 is 2.07 bits per heavy atom. The third-order valence-electron chi connectivity index (χ3n) is 1.85. The topological polar surface area (TPSA) is 46.2 Å². The number of benzene rings is 1. The summed E-state index contributed by atoms with van der Waals surface area (Å²) >= 11 is 1.11. The van der Waals surface area contributed by atoms with E-state index in [-0.39, 0.29) is 17.0 Å². The third-order valence-corrected chi connectivity index (χ3v) is 2.61. The fourth-order valence-corrected chi connectivity index (χ4v) is 1.56. The molecule has 1 atom stereocenters. The van der Waals surface area contributed by atoms with Gasteiger partial charge in [0, 0.05) is 17.0 Å². The van der Waals surface area contributed by atoms with Crippen LogP contribution in [0, 0.1) is 11.6 Å². The third kappa shape index (κ3) is 2.23. The van der Waals surface area contributed by atoms with Crippen molar-refractivity contribution in [2.45, 2.75) is 11.0 Å². The van der Waals surface area contributed by atoms with Gasteiger partial charge in [-0.05, 0) is 18.4 Å². The molecular weight excluding hydrogens is 208 g/mol. The normalized spacial score (nSPS) is 12.9. The van der Waals surface area contributed by atoms with Gasteiger partial charge in [-0.25, -0.2) is 8.78 Å². The number of aliphatic hydroxyl groups is 1. The molecule has 78 valence electrons. The Kier molecular flexibility index (Phi) is 3.86. The van der Waals surface area contributed by atoms with Crippen LogP contribution in [-0.2, 0) is 0 Å². The molecule has 1 aromatic rings. The molecule has 0 amide bonds. The minimum atomic E-state index is -1.15. The number of hydrogen-bond acceptors (Lipinski definition) is 3. The van der Waals surface area contributed by atoms with Crippen LogP contribution >= 0.6 is 11.8 Å². The van der Waals surface area contributed by atoms with E-state index in [0.717, 1.165) is 23.9 Å². The molecule has 3 N–H and O–H groups in total. The van der Waals surface area contributed by atoms with Crippen molar-refractivity contribution in [2.24, 2.45) is 5.73 Å². The van der Waals surface area contributed by atoms with Crippen LogP contribution in [0.15, 0.2) is 17.0 Å². The first kappa shape index (κ1) is 11.4. The van der Waals surface area contributed by atoms with Gasteiger partial charge in [0.25, 0.3) is 0 Å². The minimum absolute atomic E-state index is 0.0946. The highest BCUT2D eigenvalue weighted by Gasteiger charge is 2.14. The molecule has 0 aliphatic heterocycles. The highest BCUT2D eigenvalue weighted by molar-refractivity contribution is 7.98. The zero-order valence-corrected chi connectivity index (χ0v) is 8.44. The van der Waals surface area contributed by atoms with Crippen LogP contribution in [0.3, 0.4) is 0 Å². The molecular formula is C9H11F2NOS. The lowest BCUT2D eigenvalue weighted by atomic mass is 10.1. The average Bonchev–Trinajstić information content (AvgIpc) is 2.19. The van der Waals surface area contributed by atoms with Crippen molar-refractivity contribution in [3.8, 4) is 0 Å². The molecule has 14 heavy (non-hydrogen) atoms. The highest BCUT2D eigenvalue weighted by Crippen LogP contribution is 2.25. The molecule has 0 saturated heterocycles. The van der Waals surface area contributed by atoms with E-state index >= 15 is 0 Å². The summed E-state index contributed by atoms with van der Waals surface area (Å²) in [5.41, 5.74) is 5.05. The number of hydrogen-bond donors (Lipinski definition) is 2. The SMILES string of the molecule is CSc1cc(F)c(C(O)CN)cc1F. The van der Waals surface area contributed by atoms with Gasteiger partial charge in [-0.1, -0.05) is 0 Å². The van der Waals surface area contributed by atoms with Gasteiger partial charge in [0.1, 0.15) is 11.6 Å². The predicted molar refractivity (Wildman–Crippen MR) is 52.2 cm³/mol. The Labute approximate surface area is 85.1 Å². The number of nitrogens with two attached hydrogens (primary N) is 1. The molecule has 0 spiro atoms. The molecule has 0 radical (unpaired) electrons. The maximum atomic E-state index is 13.3. The Morgan fingerprint density at radius 1 is 1.43 bits per heavy atom. The standard InChI is InChI=1S/C9H11F2NOS/c1-14-9-3-6(10)5(2-7(9)11)8(13)4-12/h2-3,8,13H,4,12H2,1H3. The Bertz CT molecular complexity index is 333. The van der Waals surface area contributed by atoms with E-state index in [4.69, 9.17) is 5.73 Å². The summed E-state index contributed by atoms with van der Waals surface area (Å²) < 4.78 is 26.4. The van der Waals surface area contributed by atoms with Gasteiger partial charge in [0.15, 0.2) is 0 Å². The summed E-state index contributed by atoms with van der Waals surface area (Å²) in [5, 5.41) is 9.26. The van der Waals surface area contributed by atoms with Gasteiger partial charge < -0.3 is 10.8 Å². The molecule has 0 aliphatic rings. The van der Waals surface area contributed by atoms with E-state index in [2.05, 4.69) is 0 Å². The van der Waals surface area contributed by atoms with E-state index in [1.165, 1.54) is 0 Å². The second kappa shape index (κ2) is 4.72. The van der Waals surface area contributed by atoms with Crippen LogP contribution in [0.2, 0.25) is 0 Å². The first-order valence-electron chi connectivity index (χ1n) is 4.01. The van der Waals surface area contributed by atoms with Crippen molar-refractivity contribution >= 4 is 11.8 Å². The maximum absolute atomic E-state index is 13.3. The second-order valence-electron chi connectivity index (χ2n) is 2.76. The first-order valence-corrected chi connectivity index (χ1v) is 5.23. The molecule has 1 rings (SSSR count). The Hall–Kier alpha value is -0.650. The lowest BCUT2D eigenvalue weighted by molar-refractivity contribution is 0.181. The molecule has 2 nitrogen and oxygen atoms in total. The van der Waals surface area contributed by atoms with Crippen molar-refractivity contribution in [2.75, 3.05) is 12.8 Å². The summed E-state index contributed by atoms with van der Waals surface area (Å²) in [6, 6.07) is 2.05. The van der Waals surface area contributed by atoms with Crippen LogP contribution in [-0.4, -0.2) is 17.9 Å². The highest BCUT2D eigenvalue weighted by atomic mass is 32.2. The number of halogens is 2. The fraction of sp³-hybridized carbons (Fsp3) is 0.333. The lowest BCUT2D eigenvalue weighted by Gasteiger charge is -2.10. The summed E-state index contributed by atoms with van der Waals surface area (Å²) in [7, 11) is 0. The first-order chi connectivity index (χ1) is 6.60. The van der Waals surface area contributed by atoms with Crippen LogP contribution in [0.5, 0.6) is 0 Å². The van der Waals surface area contributed by atoms with E-state index in [0.29, 0.717) is 0 Å². The second-order valence-corrected chi connectivity index (χ2v) is 3.61. The summed E-state index contributed by atoms with van der Waals surface area (Å²) in [6.45, 7) is -0.130. The van der Waals surface area contributed by atoms with Gasteiger partial charge in [-0.3, -0.25) is 0 Å². The summed E-state index contributed by atoms with van der Waals surface area (Å²) in [6.07, 6.45) is 0.497. The van der Waals surface area contributed by atoms with Gasteiger partial charge >= 0.3 is 0 Å². The van der Waals surface area contributed by atoms with Crippen LogP contribution in [0.25, 0.3) is 0 Å². The van der Waals surface area contributed by atoms with Crippen molar-refractivity contribution in [1.29, 1.82) is 0 Å². The van der Waals surface area contributed by atoms with Gasteiger partial charge in [-0.2, -0.15) is 0 Å². The molecule has 5 heteroatoms. The zero-order valence-electron chi connectivity index (χ0n) is 7.63. The molecule has 1 aromatic carbocycles. The Morgan fingerprint density at radius 3 is 2.57 bits per heavy atom. The van der Waals surface area contributed by atoms with Crippen molar-refractivity contribution in [1.82, 2.24) is 0 Å². The monoisotopic (exact) mass is 219 g/mol. The van der Waals surface area contributed by atoms with E-state index in [1.807, 2.05) is 0 Å². The van der Waals surface area contributed by atoms with Crippen LogP contribution in [0.1, 0.15) is 11.7 Å².